The highest BCUT2D eigenvalue weighted by Crippen LogP contribution is 2.15. The second kappa shape index (κ2) is 4.75. The third kappa shape index (κ3) is 3.00. The Labute approximate surface area is 112 Å². The Morgan fingerprint density at radius 1 is 1.68 bits per heavy atom. The number of nitrogens with two attached hydrogens (primary N) is 1. The van der Waals surface area contributed by atoms with Crippen LogP contribution >= 0.6 is 11.3 Å². The van der Waals surface area contributed by atoms with E-state index in [0.717, 1.165) is 0 Å². The predicted octanol–water partition coefficient (Wildman–Crippen LogP) is -1.60. The number of anilines is 1. The van der Waals surface area contributed by atoms with Crippen molar-refractivity contribution in [1.29, 1.82) is 0 Å². The minimum Gasteiger partial charge on any atom is -0.375 e. The van der Waals surface area contributed by atoms with E-state index in [4.69, 9.17) is 10.3 Å². The minimum absolute atomic E-state index is 0.0522. The van der Waals surface area contributed by atoms with Gasteiger partial charge in [-0.05, 0) is 0 Å². The van der Waals surface area contributed by atoms with Gasteiger partial charge in [-0.25, -0.2) is 9.29 Å². The molecule has 9 nitrogen and oxygen atoms in total. The lowest BCUT2D eigenvalue weighted by molar-refractivity contribution is -0.140. The maximum absolute atomic E-state index is 11.6. The first-order valence-electron chi connectivity index (χ1n) is 5.05. The van der Waals surface area contributed by atoms with Crippen LogP contribution in [-0.4, -0.2) is 46.7 Å². The molecule has 11 heteroatoms. The average molecular weight is 306 g/mol. The van der Waals surface area contributed by atoms with Crippen molar-refractivity contribution in [3.8, 4) is 0 Å². The second-order valence-corrected chi connectivity index (χ2v) is 6.05. The van der Waals surface area contributed by atoms with Crippen molar-refractivity contribution in [2.24, 2.45) is 0 Å². The molecule has 1 aliphatic rings. The summed E-state index contributed by atoms with van der Waals surface area (Å²) in [6.45, 7) is -0.275. The first-order valence-corrected chi connectivity index (χ1v) is 7.33. The van der Waals surface area contributed by atoms with E-state index in [9.17, 15) is 18.0 Å². The summed E-state index contributed by atoms with van der Waals surface area (Å²) < 4.78 is 30.3. The fraction of sp³-hybridized carbons (Fsp3) is 0.375. The van der Waals surface area contributed by atoms with E-state index in [1.54, 1.807) is 5.38 Å². The molecule has 0 aliphatic carbocycles. The quantitative estimate of drug-likeness (QED) is 0.449. The fourth-order valence-electron chi connectivity index (χ4n) is 1.52. The predicted molar refractivity (Wildman–Crippen MR) is 65.4 cm³/mol. The number of aromatic nitrogens is 1. The molecule has 1 aromatic heterocycles. The molecule has 0 spiro atoms. The van der Waals surface area contributed by atoms with Gasteiger partial charge in [0.15, 0.2) is 5.13 Å². The highest BCUT2D eigenvalue weighted by Gasteiger charge is 2.44. The summed E-state index contributed by atoms with van der Waals surface area (Å²) in [4.78, 5) is 26.8. The summed E-state index contributed by atoms with van der Waals surface area (Å²) in [6, 6.07) is -0.939. The van der Waals surface area contributed by atoms with E-state index in [0.29, 0.717) is 10.8 Å². The Bertz CT molecular complexity index is 625. The summed E-state index contributed by atoms with van der Waals surface area (Å²) in [6.07, 6.45) is -0.0522. The monoisotopic (exact) mass is 306 g/mol. The van der Waals surface area contributed by atoms with Crippen LogP contribution in [0.3, 0.4) is 0 Å². The van der Waals surface area contributed by atoms with Gasteiger partial charge in [-0.2, -0.15) is 8.42 Å². The van der Waals surface area contributed by atoms with Crippen LogP contribution in [0.25, 0.3) is 0 Å². The highest BCUT2D eigenvalue weighted by molar-refractivity contribution is 7.84. The maximum atomic E-state index is 11.6. The summed E-state index contributed by atoms with van der Waals surface area (Å²) in [5.41, 5.74) is 5.87. The zero-order chi connectivity index (χ0) is 14.2. The molecule has 2 heterocycles. The third-order valence-electron chi connectivity index (χ3n) is 2.42. The lowest BCUT2D eigenvalue weighted by Crippen LogP contribution is -2.65. The minimum atomic E-state index is -4.53. The number of amides is 2. The number of nitrogen functional groups attached to an aromatic ring is 1. The van der Waals surface area contributed by atoms with Crippen LogP contribution in [0.1, 0.15) is 5.69 Å². The van der Waals surface area contributed by atoms with Gasteiger partial charge in [0.1, 0.15) is 6.04 Å². The number of rotatable bonds is 4. The van der Waals surface area contributed by atoms with Crippen LogP contribution in [-0.2, 0) is 26.3 Å². The molecule has 0 aromatic carbocycles. The topological polar surface area (TPSA) is 143 Å². The lowest BCUT2D eigenvalue weighted by atomic mass is 10.1. The van der Waals surface area contributed by atoms with Crippen LogP contribution in [0, 0.1) is 0 Å². The molecule has 1 unspecified atom stereocenters. The van der Waals surface area contributed by atoms with Gasteiger partial charge >= 0.3 is 10.3 Å². The number of hydrogen-bond acceptors (Lipinski definition) is 7. The van der Waals surface area contributed by atoms with Crippen LogP contribution in [0.4, 0.5) is 5.13 Å². The van der Waals surface area contributed by atoms with Crippen molar-refractivity contribution in [3.05, 3.63) is 11.1 Å². The molecule has 19 heavy (non-hydrogen) atoms. The summed E-state index contributed by atoms with van der Waals surface area (Å²) in [7, 11) is -4.53. The van der Waals surface area contributed by atoms with E-state index < -0.39 is 28.2 Å². The van der Waals surface area contributed by atoms with E-state index in [-0.39, 0.29) is 17.3 Å². The van der Waals surface area contributed by atoms with Gasteiger partial charge in [-0.15, -0.1) is 11.3 Å². The number of carbonyl (C=O) groups is 2. The molecule has 1 aromatic rings. The van der Waals surface area contributed by atoms with Gasteiger partial charge in [0.05, 0.1) is 18.7 Å². The van der Waals surface area contributed by atoms with Gasteiger partial charge in [0.25, 0.3) is 5.91 Å². The molecule has 4 N–H and O–H groups in total. The molecule has 1 atom stereocenters. The molecule has 104 valence electrons. The van der Waals surface area contributed by atoms with Crippen LogP contribution in [0.15, 0.2) is 5.38 Å². The molecular weight excluding hydrogens is 296 g/mol. The average Bonchev–Trinajstić information content (AvgIpc) is 2.67. The SMILES string of the molecule is Nc1nc(CC(=O)NC2CN(S(=O)(=O)O)C2=O)cs1. The summed E-state index contributed by atoms with van der Waals surface area (Å²) in [5, 5.41) is 4.29. The number of carbonyl (C=O) groups excluding carboxylic acids is 2. The number of thiazole rings is 1. The van der Waals surface area contributed by atoms with E-state index >= 15 is 0 Å². The van der Waals surface area contributed by atoms with Gasteiger partial charge in [0.2, 0.25) is 5.91 Å². The maximum Gasteiger partial charge on any atom is 0.362 e. The normalized spacial score (nSPS) is 19.1. The van der Waals surface area contributed by atoms with Crippen molar-refractivity contribution in [3.63, 3.8) is 0 Å². The Balaban J connectivity index is 1.87. The second-order valence-electron chi connectivity index (χ2n) is 3.82. The lowest BCUT2D eigenvalue weighted by Gasteiger charge is -2.35. The van der Waals surface area contributed by atoms with Crippen molar-refractivity contribution in [1.82, 2.24) is 14.6 Å². The van der Waals surface area contributed by atoms with Crippen molar-refractivity contribution in [2.45, 2.75) is 12.5 Å². The summed E-state index contributed by atoms with van der Waals surface area (Å²) >= 11 is 1.19. The molecule has 2 amide bonds. The Hall–Kier alpha value is -1.72. The highest BCUT2D eigenvalue weighted by atomic mass is 32.2. The first kappa shape index (κ1) is 13.7. The molecule has 1 fully saturated rings. The number of β-lactam (4-membered cyclic amide) rings is 1. The molecule has 1 aliphatic heterocycles. The van der Waals surface area contributed by atoms with Gasteiger partial charge < -0.3 is 11.1 Å². The van der Waals surface area contributed by atoms with Crippen molar-refractivity contribution < 1.29 is 22.6 Å². The molecule has 0 bridgehead atoms. The van der Waals surface area contributed by atoms with E-state index in [2.05, 4.69) is 10.3 Å². The fourth-order valence-corrected chi connectivity index (χ4v) is 2.78. The van der Waals surface area contributed by atoms with Gasteiger partial charge in [-0.3, -0.25) is 14.1 Å². The zero-order valence-electron chi connectivity index (χ0n) is 9.44. The Morgan fingerprint density at radius 3 is 2.84 bits per heavy atom. The molecule has 0 radical (unpaired) electrons. The van der Waals surface area contributed by atoms with E-state index in [1.165, 1.54) is 11.3 Å². The zero-order valence-corrected chi connectivity index (χ0v) is 11.1. The van der Waals surface area contributed by atoms with Crippen LogP contribution < -0.4 is 11.1 Å². The van der Waals surface area contributed by atoms with Crippen molar-refractivity contribution in [2.75, 3.05) is 12.3 Å². The molecule has 2 rings (SSSR count). The Kier molecular flexibility index (Phi) is 3.43. The molecule has 0 saturated carbocycles. The summed E-state index contributed by atoms with van der Waals surface area (Å²) in [5.74, 6) is -1.34. The molecular formula is C8H10N4O5S2. The standard InChI is InChI=1S/C8H10N4O5S2/c9-8-10-4(3-18-8)1-6(13)11-5-2-12(7(5)14)19(15,16)17/h3,5H,1-2H2,(H2,9,10)(H,11,13)(H,15,16,17). The molecule has 1 saturated heterocycles. The van der Waals surface area contributed by atoms with Gasteiger partial charge in [-0.1, -0.05) is 0 Å². The Morgan fingerprint density at radius 2 is 2.37 bits per heavy atom. The van der Waals surface area contributed by atoms with Crippen LogP contribution in [0.5, 0.6) is 0 Å². The van der Waals surface area contributed by atoms with Crippen LogP contribution in [0.2, 0.25) is 0 Å². The first-order chi connectivity index (χ1) is 8.77. The number of nitrogens with one attached hydrogen (secondary N) is 1. The number of hydrogen-bond donors (Lipinski definition) is 3. The van der Waals surface area contributed by atoms with Gasteiger partial charge in [0, 0.05) is 5.38 Å². The van der Waals surface area contributed by atoms with E-state index in [1.807, 2.05) is 0 Å². The van der Waals surface area contributed by atoms with Crippen molar-refractivity contribution >= 4 is 38.6 Å². The number of nitrogens with zero attached hydrogens (tertiary/aromatic N) is 2. The smallest absolute Gasteiger partial charge is 0.362 e. The third-order valence-corrected chi connectivity index (χ3v) is 4.03. The largest absolute Gasteiger partial charge is 0.375 e.